The number of carbonyl (C=O) groups excluding carboxylic acids is 4. The van der Waals surface area contributed by atoms with E-state index in [2.05, 4.69) is 15.0 Å². The maximum Gasteiger partial charge on any atom is 0.305 e. The molecule has 0 saturated heterocycles. The fraction of sp³-hybridized carbons (Fsp3) is 0.448. The van der Waals surface area contributed by atoms with E-state index < -0.39 is 30.1 Å². The minimum absolute atomic E-state index is 0.00336. The van der Waals surface area contributed by atoms with Crippen molar-refractivity contribution in [3.8, 4) is 0 Å². The zero-order valence-corrected chi connectivity index (χ0v) is 24.2. The Morgan fingerprint density at radius 3 is 2.39 bits per heavy atom. The summed E-state index contributed by atoms with van der Waals surface area (Å²) in [5, 5.41) is 11.8. The van der Waals surface area contributed by atoms with Crippen LogP contribution < -0.4 is 5.32 Å². The molecule has 2 rings (SSSR count). The van der Waals surface area contributed by atoms with Crippen LogP contribution in [-0.4, -0.2) is 76.5 Å². The molecule has 0 saturated carbocycles. The molecule has 1 aromatic carbocycles. The second-order valence-corrected chi connectivity index (χ2v) is 10.8. The summed E-state index contributed by atoms with van der Waals surface area (Å²) in [4.78, 5) is 67.6. The number of ether oxygens (including phenoxy) is 1. The van der Waals surface area contributed by atoms with Gasteiger partial charge in [-0.1, -0.05) is 26.0 Å². The van der Waals surface area contributed by atoms with Crippen LogP contribution in [0.15, 0.2) is 42.7 Å². The number of pyridine rings is 1. The van der Waals surface area contributed by atoms with E-state index in [1.54, 1.807) is 17.0 Å². The van der Waals surface area contributed by atoms with Gasteiger partial charge in [0.2, 0.25) is 0 Å². The van der Waals surface area contributed by atoms with E-state index in [-0.39, 0.29) is 41.0 Å². The number of nitrogens with one attached hydrogen (secondary N) is 1. The number of ketones is 1. The van der Waals surface area contributed by atoms with Gasteiger partial charge in [-0.2, -0.15) is 0 Å². The molecule has 0 aliphatic heterocycles. The van der Waals surface area contributed by atoms with Crippen LogP contribution in [0.1, 0.15) is 65.8 Å². The van der Waals surface area contributed by atoms with Gasteiger partial charge in [-0.15, -0.1) is 11.8 Å². The lowest BCUT2D eigenvalue weighted by molar-refractivity contribution is -0.141. The summed E-state index contributed by atoms with van der Waals surface area (Å²) in [7, 11) is 1.30. The summed E-state index contributed by atoms with van der Waals surface area (Å²) in [5.74, 6) is -2.94. The molecule has 12 heteroatoms. The monoisotopic (exact) mass is 589 g/mol. The number of esters is 1. The zero-order chi connectivity index (χ0) is 30.4. The molecular weight excluding hydrogens is 553 g/mol. The van der Waals surface area contributed by atoms with Crippen LogP contribution in [0, 0.1) is 11.7 Å². The molecule has 2 aromatic rings. The lowest BCUT2D eigenvalue weighted by Gasteiger charge is -2.24. The molecule has 0 aliphatic rings. The summed E-state index contributed by atoms with van der Waals surface area (Å²) >= 11 is 1.22. The van der Waals surface area contributed by atoms with Gasteiger partial charge in [0, 0.05) is 37.7 Å². The first-order valence-corrected chi connectivity index (χ1v) is 14.3. The van der Waals surface area contributed by atoms with E-state index in [4.69, 9.17) is 0 Å². The first-order valence-electron chi connectivity index (χ1n) is 13.2. The van der Waals surface area contributed by atoms with Crippen molar-refractivity contribution in [3.05, 3.63) is 65.2 Å². The van der Waals surface area contributed by atoms with E-state index in [1.165, 1.54) is 49.5 Å². The number of methoxy groups -OCH3 is 1. The highest BCUT2D eigenvalue weighted by Crippen LogP contribution is 2.15. The van der Waals surface area contributed by atoms with Crippen molar-refractivity contribution in [2.24, 2.45) is 5.92 Å². The highest BCUT2D eigenvalue weighted by molar-refractivity contribution is 7.99. The van der Waals surface area contributed by atoms with Gasteiger partial charge >= 0.3 is 11.9 Å². The van der Waals surface area contributed by atoms with E-state index in [9.17, 15) is 33.5 Å². The van der Waals surface area contributed by atoms with Gasteiger partial charge in [-0.25, -0.2) is 4.39 Å². The Balaban J connectivity index is 2.09. The number of hydrogen-bond donors (Lipinski definition) is 2. The average molecular weight is 590 g/mol. The molecule has 0 aliphatic carbocycles. The van der Waals surface area contributed by atoms with Crippen LogP contribution >= 0.6 is 11.8 Å². The number of carbonyl (C=O) groups is 5. The number of rotatable bonds is 17. The summed E-state index contributed by atoms with van der Waals surface area (Å²) in [6, 6.07) is 5.86. The van der Waals surface area contributed by atoms with Crippen molar-refractivity contribution < 1.29 is 38.2 Å². The average Bonchev–Trinajstić information content (AvgIpc) is 2.94. The van der Waals surface area contributed by atoms with Crippen molar-refractivity contribution in [2.75, 3.05) is 26.0 Å². The predicted molar refractivity (Wildman–Crippen MR) is 152 cm³/mol. The fourth-order valence-electron chi connectivity index (χ4n) is 3.72. The lowest BCUT2D eigenvalue weighted by Crippen LogP contribution is -2.43. The zero-order valence-electron chi connectivity index (χ0n) is 23.4. The van der Waals surface area contributed by atoms with E-state index in [0.29, 0.717) is 31.2 Å². The second kappa shape index (κ2) is 17.1. The Bertz CT molecular complexity index is 1210. The number of carboxylic acid groups (broad SMARTS) is 1. The number of aliphatic carboxylic acids is 1. The summed E-state index contributed by atoms with van der Waals surface area (Å²) in [6.45, 7) is 4.81. The molecule has 0 bridgehead atoms. The van der Waals surface area contributed by atoms with Gasteiger partial charge in [0.25, 0.3) is 11.8 Å². The molecule has 2 N–H and O–H groups in total. The molecule has 2 amide bonds. The quantitative estimate of drug-likeness (QED) is 0.264. The highest BCUT2D eigenvalue weighted by atomic mass is 32.2. The molecule has 0 spiro atoms. The van der Waals surface area contributed by atoms with Gasteiger partial charge in [0.15, 0.2) is 5.78 Å². The number of hydrogen-bond acceptors (Lipinski definition) is 8. The van der Waals surface area contributed by atoms with Crippen LogP contribution in [-0.2, 0) is 24.9 Å². The lowest BCUT2D eigenvalue weighted by atomic mass is 10.1. The Labute approximate surface area is 243 Å². The topological polar surface area (TPSA) is 143 Å². The molecule has 1 aromatic heterocycles. The minimum atomic E-state index is -1.29. The van der Waals surface area contributed by atoms with Crippen molar-refractivity contribution in [3.63, 3.8) is 0 Å². The number of carboxylic acids is 1. The number of benzene rings is 1. The van der Waals surface area contributed by atoms with Crippen LogP contribution in [0.4, 0.5) is 4.39 Å². The number of Topliss-reactive ketones (excluding diaryl/α,β-unsaturated/α-hetero) is 1. The third kappa shape index (κ3) is 12.1. The third-order valence-electron chi connectivity index (χ3n) is 6.05. The number of nitrogens with zero attached hydrogens (tertiary/aromatic N) is 2. The normalized spacial score (nSPS) is 11.5. The third-order valence-corrected chi connectivity index (χ3v) is 7.07. The number of thioether (sulfide) groups is 1. The second-order valence-electron chi connectivity index (χ2n) is 9.83. The van der Waals surface area contributed by atoms with Crippen molar-refractivity contribution in [2.45, 2.75) is 51.3 Å². The van der Waals surface area contributed by atoms with Crippen molar-refractivity contribution in [1.29, 1.82) is 0 Å². The summed E-state index contributed by atoms with van der Waals surface area (Å²) < 4.78 is 17.8. The summed E-state index contributed by atoms with van der Waals surface area (Å²) in [6.07, 6.45) is 3.24. The van der Waals surface area contributed by atoms with Crippen LogP contribution in [0.2, 0.25) is 0 Å². The largest absolute Gasteiger partial charge is 0.481 e. The van der Waals surface area contributed by atoms with Gasteiger partial charge in [0.1, 0.15) is 5.82 Å². The van der Waals surface area contributed by atoms with Gasteiger partial charge in [-0.3, -0.25) is 29.0 Å². The minimum Gasteiger partial charge on any atom is -0.481 e. The Morgan fingerprint density at radius 2 is 1.76 bits per heavy atom. The molecule has 0 unspecified atom stereocenters. The molecule has 0 fully saturated rings. The Morgan fingerprint density at radius 1 is 1.07 bits per heavy atom. The van der Waals surface area contributed by atoms with Gasteiger partial charge in [-0.05, 0) is 42.5 Å². The predicted octanol–water partition coefficient (Wildman–Crippen LogP) is 3.74. The molecule has 1 heterocycles. The Kier molecular flexibility index (Phi) is 13.9. The number of amides is 2. The smallest absolute Gasteiger partial charge is 0.305 e. The molecule has 0 radical (unpaired) electrons. The molecule has 10 nitrogen and oxygen atoms in total. The number of aromatic nitrogens is 1. The maximum atomic E-state index is 13.3. The highest BCUT2D eigenvalue weighted by Gasteiger charge is 2.25. The Hall–Kier alpha value is -3.80. The van der Waals surface area contributed by atoms with E-state index in [0.717, 1.165) is 12.0 Å². The van der Waals surface area contributed by atoms with Gasteiger partial charge in [0.05, 0.1) is 36.5 Å². The first kappa shape index (κ1) is 33.4. The first-order chi connectivity index (χ1) is 19.5. The number of halogens is 1. The molecule has 222 valence electrons. The molecule has 1 atom stereocenters. The van der Waals surface area contributed by atoms with Gasteiger partial charge < -0.3 is 20.1 Å². The van der Waals surface area contributed by atoms with Crippen LogP contribution in [0.25, 0.3) is 0 Å². The van der Waals surface area contributed by atoms with Crippen molar-refractivity contribution in [1.82, 2.24) is 15.2 Å². The molecular formula is C29H36FN3O7S. The van der Waals surface area contributed by atoms with E-state index >= 15 is 0 Å². The van der Waals surface area contributed by atoms with Crippen LogP contribution in [0.3, 0.4) is 0 Å². The standard InChI is InChI=1S/C29H36FN3O7S/c1-19(2)10-12-33(11-4-5-27(37)40-3)29(39)22-13-21(15-31-16-22)28(38)32-24(14-26(35)36)25(34)18-41-17-20-6-8-23(30)9-7-20/h6-9,13,15-16,19,24H,4-5,10-12,14,17-18H2,1-3H3,(H,32,38)(H,35,36)/t24-/m0/s1. The SMILES string of the molecule is COC(=O)CCCN(CCC(C)C)C(=O)c1cncc(C(=O)N[C@@H](CC(=O)O)C(=O)CSCc2ccc(F)cc2)c1. The fourth-order valence-corrected chi connectivity index (χ4v) is 4.65. The summed E-state index contributed by atoms with van der Waals surface area (Å²) in [5.41, 5.74) is 0.940. The van der Waals surface area contributed by atoms with Crippen LogP contribution in [0.5, 0.6) is 0 Å². The maximum absolute atomic E-state index is 13.3. The van der Waals surface area contributed by atoms with Crippen molar-refractivity contribution >= 4 is 41.3 Å². The van der Waals surface area contributed by atoms with E-state index in [1.807, 2.05) is 13.8 Å². The molecule has 41 heavy (non-hydrogen) atoms.